The average Bonchev–Trinajstić information content (AvgIpc) is 2.23. The van der Waals surface area contributed by atoms with Crippen LogP contribution in [0.25, 0.3) is 0 Å². The zero-order chi connectivity index (χ0) is 11.7. The van der Waals surface area contributed by atoms with Crippen molar-refractivity contribution < 1.29 is 33.2 Å². The zero-order valence-corrected chi connectivity index (χ0v) is 9.82. The van der Waals surface area contributed by atoms with Gasteiger partial charge >= 0.3 is 13.6 Å². The van der Waals surface area contributed by atoms with Crippen LogP contribution >= 0.6 is 7.60 Å². The largest absolute Gasteiger partial charge is 0.469 e. The standard InChI is InChI=1S/C7H15O7P/c1-4-11-13-15(9,14-12-5-2)6-7(8)10-3/h4-6H2,1-3H3. The van der Waals surface area contributed by atoms with Gasteiger partial charge in [-0.15, -0.1) is 9.35 Å². The Morgan fingerprint density at radius 3 is 1.93 bits per heavy atom. The molecule has 0 spiro atoms. The molecule has 0 saturated carbocycles. The number of rotatable bonds is 8. The zero-order valence-electron chi connectivity index (χ0n) is 8.93. The van der Waals surface area contributed by atoms with E-state index >= 15 is 0 Å². The van der Waals surface area contributed by atoms with Crippen molar-refractivity contribution in [2.24, 2.45) is 0 Å². The van der Waals surface area contributed by atoms with Gasteiger partial charge in [-0.25, -0.2) is 9.78 Å². The molecule has 0 heterocycles. The van der Waals surface area contributed by atoms with Crippen LogP contribution in [0.4, 0.5) is 0 Å². The number of carbonyl (C=O) groups excluding carboxylic acids is 1. The summed E-state index contributed by atoms with van der Waals surface area (Å²) >= 11 is 0. The predicted molar refractivity (Wildman–Crippen MR) is 49.9 cm³/mol. The van der Waals surface area contributed by atoms with Crippen molar-refractivity contribution in [3.8, 4) is 0 Å². The van der Waals surface area contributed by atoms with E-state index in [1.165, 1.54) is 0 Å². The van der Waals surface area contributed by atoms with E-state index in [4.69, 9.17) is 0 Å². The number of ether oxygens (including phenoxy) is 1. The fourth-order valence-corrected chi connectivity index (χ4v) is 1.66. The normalized spacial score (nSPS) is 11.4. The molecule has 0 unspecified atom stereocenters. The SMILES string of the molecule is CCOOP(=O)(CC(=O)OC)OOCC. The van der Waals surface area contributed by atoms with Crippen LogP contribution in [-0.4, -0.2) is 32.5 Å². The molecule has 0 N–H and O–H groups in total. The Morgan fingerprint density at radius 2 is 1.60 bits per heavy atom. The Kier molecular flexibility index (Phi) is 7.54. The van der Waals surface area contributed by atoms with E-state index in [1.54, 1.807) is 13.8 Å². The van der Waals surface area contributed by atoms with Gasteiger partial charge in [0.25, 0.3) is 0 Å². The van der Waals surface area contributed by atoms with Gasteiger partial charge in [0, 0.05) is 0 Å². The summed E-state index contributed by atoms with van der Waals surface area (Å²) < 4.78 is 25.0. The van der Waals surface area contributed by atoms with Crippen molar-refractivity contribution in [1.82, 2.24) is 0 Å². The van der Waals surface area contributed by atoms with E-state index in [2.05, 4.69) is 23.9 Å². The van der Waals surface area contributed by atoms with Crippen molar-refractivity contribution in [2.75, 3.05) is 26.5 Å². The first-order chi connectivity index (χ1) is 7.08. The average molecular weight is 242 g/mol. The lowest BCUT2D eigenvalue weighted by molar-refractivity contribution is -0.263. The van der Waals surface area contributed by atoms with Gasteiger partial charge in [-0.3, -0.25) is 9.36 Å². The summed E-state index contributed by atoms with van der Waals surface area (Å²) in [6, 6.07) is 0. The van der Waals surface area contributed by atoms with Crippen LogP contribution < -0.4 is 0 Å². The lowest BCUT2D eigenvalue weighted by atomic mass is 10.8. The molecule has 0 saturated heterocycles. The molecule has 0 fully saturated rings. The molecular formula is C7H15O7P. The Bertz CT molecular complexity index is 217. The lowest BCUT2D eigenvalue weighted by Crippen LogP contribution is -2.11. The molecular weight excluding hydrogens is 227 g/mol. The molecule has 15 heavy (non-hydrogen) atoms. The van der Waals surface area contributed by atoms with Crippen molar-refractivity contribution >= 4 is 13.6 Å². The first kappa shape index (κ1) is 14.5. The molecule has 0 aliphatic carbocycles. The number of carbonyl (C=O) groups is 1. The summed E-state index contributed by atoms with van der Waals surface area (Å²) in [5, 5.41) is 0. The molecule has 0 aromatic heterocycles. The number of esters is 1. The molecule has 0 amide bonds. The maximum absolute atomic E-state index is 11.7. The third kappa shape index (κ3) is 6.59. The van der Waals surface area contributed by atoms with E-state index in [0.717, 1.165) is 7.11 Å². The quantitative estimate of drug-likeness (QED) is 0.274. The number of hydrogen-bond acceptors (Lipinski definition) is 7. The van der Waals surface area contributed by atoms with Gasteiger partial charge in [0.1, 0.15) is 0 Å². The molecule has 0 rings (SSSR count). The van der Waals surface area contributed by atoms with Crippen LogP contribution in [0, 0.1) is 0 Å². The molecule has 0 atom stereocenters. The molecule has 8 heteroatoms. The third-order valence-corrected chi connectivity index (χ3v) is 2.43. The van der Waals surface area contributed by atoms with E-state index in [9.17, 15) is 9.36 Å². The first-order valence-corrected chi connectivity index (χ1v) is 6.09. The molecule has 0 aliphatic rings. The Labute approximate surface area is 88.0 Å². The van der Waals surface area contributed by atoms with Crippen molar-refractivity contribution in [1.29, 1.82) is 0 Å². The molecule has 0 bridgehead atoms. The summed E-state index contributed by atoms with van der Waals surface area (Å²) in [6.07, 6.45) is -0.566. The number of hydrogen-bond donors (Lipinski definition) is 0. The third-order valence-electron chi connectivity index (χ3n) is 1.12. The van der Waals surface area contributed by atoms with E-state index in [1.807, 2.05) is 0 Å². The van der Waals surface area contributed by atoms with Crippen molar-refractivity contribution in [3.63, 3.8) is 0 Å². The minimum absolute atomic E-state index is 0.167. The molecule has 90 valence electrons. The van der Waals surface area contributed by atoms with Gasteiger partial charge in [-0.1, -0.05) is 0 Å². The van der Waals surface area contributed by atoms with E-state index in [-0.39, 0.29) is 13.2 Å². The second-order valence-corrected chi connectivity index (χ2v) is 4.14. The van der Waals surface area contributed by atoms with Gasteiger partial charge in [0.15, 0.2) is 6.16 Å². The van der Waals surface area contributed by atoms with Crippen LogP contribution in [0.1, 0.15) is 13.8 Å². The maximum atomic E-state index is 11.7. The van der Waals surface area contributed by atoms with Crippen molar-refractivity contribution in [3.05, 3.63) is 0 Å². The summed E-state index contributed by atoms with van der Waals surface area (Å²) in [5.41, 5.74) is 0. The van der Waals surface area contributed by atoms with Gasteiger partial charge < -0.3 is 4.74 Å². The second-order valence-electron chi connectivity index (χ2n) is 2.31. The summed E-state index contributed by atoms with van der Waals surface area (Å²) in [5.74, 6) is -0.738. The summed E-state index contributed by atoms with van der Waals surface area (Å²) in [4.78, 5) is 19.8. The summed E-state index contributed by atoms with van der Waals surface area (Å²) in [7, 11) is -2.58. The van der Waals surface area contributed by atoms with Gasteiger partial charge in [0.05, 0.1) is 20.3 Å². The van der Waals surface area contributed by atoms with Gasteiger partial charge in [-0.2, -0.15) is 0 Å². The Hall–Kier alpha value is -0.460. The number of methoxy groups -OCH3 is 1. The molecule has 0 radical (unpaired) electrons. The van der Waals surface area contributed by atoms with E-state index in [0.29, 0.717) is 0 Å². The molecule has 0 aromatic carbocycles. The van der Waals surface area contributed by atoms with Crippen LogP contribution in [0.15, 0.2) is 0 Å². The van der Waals surface area contributed by atoms with Crippen LogP contribution in [-0.2, 0) is 33.2 Å². The smallest absolute Gasteiger partial charge is 0.395 e. The maximum Gasteiger partial charge on any atom is 0.395 e. The highest BCUT2D eigenvalue weighted by Gasteiger charge is 2.32. The highest BCUT2D eigenvalue weighted by Crippen LogP contribution is 2.48. The minimum atomic E-state index is -3.74. The van der Waals surface area contributed by atoms with Gasteiger partial charge in [0.2, 0.25) is 0 Å². The first-order valence-electron chi connectivity index (χ1n) is 4.36. The minimum Gasteiger partial charge on any atom is -0.469 e. The topological polar surface area (TPSA) is 80.3 Å². The summed E-state index contributed by atoms with van der Waals surface area (Å²) in [6.45, 7) is 3.59. The lowest BCUT2D eigenvalue weighted by Gasteiger charge is -2.13. The van der Waals surface area contributed by atoms with Crippen molar-refractivity contribution in [2.45, 2.75) is 13.8 Å². The van der Waals surface area contributed by atoms with Crippen LogP contribution in [0.3, 0.4) is 0 Å². The van der Waals surface area contributed by atoms with Gasteiger partial charge in [-0.05, 0) is 13.8 Å². The predicted octanol–water partition coefficient (Wildman–Crippen LogP) is 1.29. The second kappa shape index (κ2) is 7.78. The monoisotopic (exact) mass is 242 g/mol. The molecule has 7 nitrogen and oxygen atoms in total. The van der Waals surface area contributed by atoms with E-state index < -0.39 is 19.7 Å². The van der Waals surface area contributed by atoms with Crippen LogP contribution in [0.2, 0.25) is 0 Å². The Morgan fingerprint density at radius 1 is 1.13 bits per heavy atom. The fraction of sp³-hybridized carbons (Fsp3) is 0.857. The molecule has 0 aliphatic heterocycles. The highest BCUT2D eigenvalue weighted by molar-refractivity contribution is 7.54. The van der Waals surface area contributed by atoms with Crippen LogP contribution in [0.5, 0.6) is 0 Å². The highest BCUT2D eigenvalue weighted by atomic mass is 31.2. The Balaban J connectivity index is 4.26. The molecule has 0 aromatic rings. The fourth-order valence-electron chi connectivity index (χ4n) is 0.554.